The molecule has 0 aliphatic rings. The van der Waals surface area contributed by atoms with Gasteiger partial charge in [-0.1, -0.05) is 20.8 Å². The molecule has 0 aliphatic heterocycles. The first-order valence-electron chi connectivity index (χ1n) is 4.05. The smallest absolute Gasteiger partial charge is 0.00581 e. The van der Waals surface area contributed by atoms with Crippen LogP contribution in [0.15, 0.2) is 0 Å². The number of hydrogen-bond donors (Lipinski definition) is 1. The van der Waals surface area contributed by atoms with Gasteiger partial charge in [-0.3, -0.25) is 0 Å². The first-order valence-corrected chi connectivity index (χ1v) is 5.21. The van der Waals surface area contributed by atoms with Crippen LogP contribution in [0.3, 0.4) is 0 Å². The minimum Gasteiger partial charge on any atom is -0.316 e. The maximum atomic E-state index is 3.30. The van der Waals surface area contributed by atoms with Gasteiger partial charge in [0.05, 0.1) is 0 Å². The topological polar surface area (TPSA) is 12.0 Å². The maximum absolute atomic E-state index is 3.30. The molecule has 0 radical (unpaired) electrons. The molecule has 1 N–H and O–H groups in total. The maximum Gasteiger partial charge on any atom is 0.00581 e. The monoisotopic (exact) mass is 161 g/mol. The zero-order chi connectivity index (χ0) is 7.82. The molecule has 10 heavy (non-hydrogen) atoms. The van der Waals surface area contributed by atoms with Gasteiger partial charge in [-0.2, -0.15) is 11.8 Å². The van der Waals surface area contributed by atoms with Crippen molar-refractivity contribution in [3.05, 3.63) is 0 Å². The molecule has 1 nitrogen and oxygen atoms in total. The molecule has 0 aromatic rings. The van der Waals surface area contributed by atoms with Gasteiger partial charge in [-0.25, -0.2) is 0 Å². The summed E-state index contributed by atoms with van der Waals surface area (Å²) in [7, 11) is 0. The van der Waals surface area contributed by atoms with Crippen molar-refractivity contribution in [3.8, 4) is 0 Å². The fourth-order valence-corrected chi connectivity index (χ4v) is 1.57. The Morgan fingerprint density at radius 2 is 2.10 bits per heavy atom. The minimum absolute atomic E-state index is 0.839. The van der Waals surface area contributed by atoms with Crippen LogP contribution in [0.25, 0.3) is 0 Å². The van der Waals surface area contributed by atoms with Gasteiger partial charge in [-0.05, 0) is 18.2 Å². The van der Waals surface area contributed by atoms with Crippen LogP contribution in [-0.4, -0.2) is 24.6 Å². The van der Waals surface area contributed by atoms with E-state index in [9.17, 15) is 0 Å². The fourth-order valence-electron chi connectivity index (χ4n) is 0.640. The predicted octanol–water partition coefficient (Wildman–Crippen LogP) is 1.99. The molecule has 0 rings (SSSR count). The second-order valence-electron chi connectivity index (χ2n) is 2.82. The van der Waals surface area contributed by atoms with E-state index in [-0.39, 0.29) is 0 Å². The first kappa shape index (κ1) is 10.3. The Balaban J connectivity index is 2.77. The minimum atomic E-state index is 0.839. The summed E-state index contributed by atoms with van der Waals surface area (Å²) >= 11 is 2.04. The average Bonchev–Trinajstić information content (AvgIpc) is 1.87. The van der Waals surface area contributed by atoms with Gasteiger partial charge < -0.3 is 5.32 Å². The molecule has 0 fully saturated rings. The van der Waals surface area contributed by atoms with E-state index in [4.69, 9.17) is 0 Å². The van der Waals surface area contributed by atoms with Crippen molar-refractivity contribution in [3.63, 3.8) is 0 Å². The highest BCUT2D eigenvalue weighted by molar-refractivity contribution is 7.99. The summed E-state index contributed by atoms with van der Waals surface area (Å²) in [5, 5.41) is 3.30. The Bertz CT molecular complexity index is 64.3. The second-order valence-corrected chi connectivity index (χ2v) is 3.97. The van der Waals surface area contributed by atoms with Crippen molar-refractivity contribution in [2.45, 2.75) is 20.8 Å². The number of thioether (sulfide) groups is 1. The van der Waals surface area contributed by atoms with Crippen molar-refractivity contribution < 1.29 is 0 Å². The van der Waals surface area contributed by atoms with E-state index < -0.39 is 0 Å². The SMILES string of the molecule is CCNCCSCC(C)C. The normalized spacial score (nSPS) is 10.8. The third-order valence-electron chi connectivity index (χ3n) is 1.12. The number of rotatable bonds is 6. The van der Waals surface area contributed by atoms with E-state index in [0.29, 0.717) is 0 Å². The van der Waals surface area contributed by atoms with Crippen molar-refractivity contribution in [1.29, 1.82) is 0 Å². The molecule has 0 heterocycles. The largest absolute Gasteiger partial charge is 0.316 e. The standard InChI is InChI=1S/C8H19NS/c1-4-9-5-6-10-7-8(2)3/h8-9H,4-7H2,1-3H3. The molecular weight excluding hydrogens is 142 g/mol. The molecule has 62 valence electrons. The number of hydrogen-bond acceptors (Lipinski definition) is 2. The molecule has 0 aromatic heterocycles. The van der Waals surface area contributed by atoms with Crippen molar-refractivity contribution >= 4 is 11.8 Å². The van der Waals surface area contributed by atoms with E-state index in [1.165, 1.54) is 11.5 Å². The Kier molecular flexibility index (Phi) is 7.65. The van der Waals surface area contributed by atoms with Crippen LogP contribution in [0, 0.1) is 5.92 Å². The summed E-state index contributed by atoms with van der Waals surface area (Å²) < 4.78 is 0. The zero-order valence-corrected chi connectivity index (χ0v) is 8.13. The predicted molar refractivity (Wildman–Crippen MR) is 50.7 cm³/mol. The van der Waals surface area contributed by atoms with Crippen LogP contribution < -0.4 is 5.32 Å². The van der Waals surface area contributed by atoms with Crippen molar-refractivity contribution in [2.24, 2.45) is 5.92 Å². The number of nitrogens with one attached hydrogen (secondary N) is 1. The third kappa shape index (κ3) is 8.31. The molecule has 0 atom stereocenters. The Labute approximate surface area is 69.0 Å². The van der Waals surface area contributed by atoms with Crippen LogP contribution in [0.1, 0.15) is 20.8 Å². The summed E-state index contributed by atoms with van der Waals surface area (Å²) in [5.74, 6) is 3.39. The van der Waals surface area contributed by atoms with Crippen LogP contribution in [0.5, 0.6) is 0 Å². The van der Waals surface area contributed by atoms with Crippen LogP contribution in [0.2, 0.25) is 0 Å². The fraction of sp³-hybridized carbons (Fsp3) is 1.00. The van der Waals surface area contributed by atoms with Crippen molar-refractivity contribution in [1.82, 2.24) is 5.32 Å². The zero-order valence-electron chi connectivity index (χ0n) is 7.31. The molecular formula is C8H19NS. The van der Waals surface area contributed by atoms with Crippen molar-refractivity contribution in [2.75, 3.05) is 24.6 Å². The summed E-state index contributed by atoms with van der Waals surface area (Å²) in [5.41, 5.74) is 0. The summed E-state index contributed by atoms with van der Waals surface area (Å²) in [4.78, 5) is 0. The van der Waals surface area contributed by atoms with Gasteiger partial charge in [0.25, 0.3) is 0 Å². The highest BCUT2D eigenvalue weighted by Crippen LogP contribution is 2.05. The van der Waals surface area contributed by atoms with E-state index >= 15 is 0 Å². The Hall–Kier alpha value is 0.310. The van der Waals surface area contributed by atoms with E-state index in [1.54, 1.807) is 0 Å². The molecule has 0 aromatic carbocycles. The second kappa shape index (κ2) is 7.42. The van der Waals surface area contributed by atoms with Gasteiger partial charge in [0.1, 0.15) is 0 Å². The summed E-state index contributed by atoms with van der Waals surface area (Å²) in [6, 6.07) is 0. The molecule has 0 aliphatic carbocycles. The lowest BCUT2D eigenvalue weighted by molar-refractivity contribution is 0.743. The quantitative estimate of drug-likeness (QED) is 0.598. The first-order chi connectivity index (χ1) is 4.77. The lowest BCUT2D eigenvalue weighted by atomic mass is 10.3. The molecule has 0 unspecified atom stereocenters. The van der Waals surface area contributed by atoms with E-state index in [2.05, 4.69) is 26.1 Å². The van der Waals surface area contributed by atoms with Crippen LogP contribution in [0.4, 0.5) is 0 Å². The van der Waals surface area contributed by atoms with Gasteiger partial charge in [0.15, 0.2) is 0 Å². The molecule has 0 saturated carbocycles. The molecule has 0 amide bonds. The molecule has 2 heteroatoms. The molecule has 0 saturated heterocycles. The van der Waals surface area contributed by atoms with Gasteiger partial charge in [0.2, 0.25) is 0 Å². The third-order valence-corrected chi connectivity index (χ3v) is 2.52. The van der Waals surface area contributed by atoms with Crippen LogP contribution in [-0.2, 0) is 0 Å². The van der Waals surface area contributed by atoms with E-state index in [1.807, 2.05) is 11.8 Å². The summed E-state index contributed by atoms with van der Waals surface area (Å²) in [6.45, 7) is 8.93. The molecule has 0 bridgehead atoms. The van der Waals surface area contributed by atoms with Gasteiger partial charge in [0, 0.05) is 12.3 Å². The Morgan fingerprint density at radius 3 is 2.60 bits per heavy atom. The Morgan fingerprint density at radius 1 is 1.40 bits per heavy atom. The van der Waals surface area contributed by atoms with E-state index in [0.717, 1.165) is 19.0 Å². The summed E-state index contributed by atoms with van der Waals surface area (Å²) in [6.07, 6.45) is 0. The lowest BCUT2D eigenvalue weighted by Gasteiger charge is -2.03. The van der Waals surface area contributed by atoms with Crippen LogP contribution >= 0.6 is 11.8 Å². The lowest BCUT2D eigenvalue weighted by Crippen LogP contribution is -2.16. The highest BCUT2D eigenvalue weighted by Gasteiger charge is 1.92. The average molecular weight is 161 g/mol. The van der Waals surface area contributed by atoms with Gasteiger partial charge >= 0.3 is 0 Å². The van der Waals surface area contributed by atoms with Gasteiger partial charge in [-0.15, -0.1) is 0 Å². The highest BCUT2D eigenvalue weighted by atomic mass is 32.2. The molecule has 0 spiro atoms.